The van der Waals surface area contributed by atoms with Crippen molar-refractivity contribution in [3.63, 3.8) is 0 Å². The predicted molar refractivity (Wildman–Crippen MR) is 182 cm³/mol. The standard InChI is InChI=1S/C42H40O6/c1-29-37-35(41(47-29,31-17-7-3-8-18-31)32-19-9-4-10-20-32)25-26-36-38(40(44)46-28-16-15-27-45-39(37)43)30(2)48-42(36,33-21-11-5-12-22-33)34-23-13-6-14-24-34/h3-14,17-24,35-36H,15-16,25-28H2,1-2H3. The highest BCUT2D eigenvalue weighted by Gasteiger charge is 2.57. The molecule has 2 unspecified atom stereocenters. The van der Waals surface area contributed by atoms with E-state index in [0.717, 1.165) is 22.3 Å². The monoisotopic (exact) mass is 640 g/mol. The summed E-state index contributed by atoms with van der Waals surface area (Å²) < 4.78 is 25.7. The number of benzene rings is 4. The third kappa shape index (κ3) is 5.29. The lowest BCUT2D eigenvalue weighted by Gasteiger charge is -2.40. The Hall–Kier alpha value is -5.10. The summed E-state index contributed by atoms with van der Waals surface area (Å²) in [6, 6.07) is 40.4. The van der Waals surface area contributed by atoms with E-state index < -0.39 is 23.0 Å². The van der Waals surface area contributed by atoms with Crippen LogP contribution in [0.4, 0.5) is 0 Å². The fourth-order valence-corrected chi connectivity index (χ4v) is 8.04. The number of hydrogen-bond donors (Lipinski definition) is 0. The van der Waals surface area contributed by atoms with E-state index in [0.29, 0.717) is 48.3 Å². The van der Waals surface area contributed by atoms with Crippen molar-refractivity contribution in [2.24, 2.45) is 11.8 Å². The Bertz CT molecular complexity index is 1610. The van der Waals surface area contributed by atoms with Crippen LogP contribution in [-0.4, -0.2) is 25.2 Å². The molecule has 0 bridgehead atoms. The summed E-state index contributed by atoms with van der Waals surface area (Å²) in [6.45, 7) is 4.18. The van der Waals surface area contributed by atoms with Crippen LogP contribution < -0.4 is 0 Å². The number of carbonyl (C=O) groups excluding carboxylic acids is 2. The summed E-state index contributed by atoms with van der Waals surface area (Å²) in [5, 5.41) is 0. The zero-order chi connectivity index (χ0) is 33.1. The van der Waals surface area contributed by atoms with E-state index in [2.05, 4.69) is 48.5 Å². The van der Waals surface area contributed by atoms with E-state index in [1.165, 1.54) is 0 Å². The molecule has 3 heterocycles. The summed E-state index contributed by atoms with van der Waals surface area (Å²) in [5.74, 6) is -0.493. The molecule has 0 spiro atoms. The molecule has 7 rings (SSSR count). The van der Waals surface area contributed by atoms with Gasteiger partial charge in [0.15, 0.2) is 11.2 Å². The summed E-state index contributed by atoms with van der Waals surface area (Å²) in [6.07, 6.45) is 2.11. The molecular weight excluding hydrogens is 600 g/mol. The Morgan fingerprint density at radius 1 is 0.479 bits per heavy atom. The van der Waals surface area contributed by atoms with Gasteiger partial charge in [-0.3, -0.25) is 0 Å². The van der Waals surface area contributed by atoms with E-state index >= 15 is 0 Å². The Labute approximate surface area is 282 Å². The number of hydrogen-bond acceptors (Lipinski definition) is 6. The smallest absolute Gasteiger partial charge is 0.337 e. The van der Waals surface area contributed by atoms with Crippen LogP contribution in [-0.2, 0) is 39.7 Å². The zero-order valence-electron chi connectivity index (χ0n) is 27.4. The highest BCUT2D eigenvalue weighted by atomic mass is 16.5. The van der Waals surface area contributed by atoms with Crippen LogP contribution in [0.1, 0.15) is 61.8 Å². The molecule has 1 saturated heterocycles. The molecule has 244 valence electrons. The lowest BCUT2D eigenvalue weighted by molar-refractivity contribution is -0.142. The third-order valence-corrected chi connectivity index (χ3v) is 10.1. The van der Waals surface area contributed by atoms with E-state index in [-0.39, 0.29) is 25.2 Å². The molecule has 3 aliphatic heterocycles. The second kappa shape index (κ2) is 13.2. The largest absolute Gasteiger partial charge is 0.481 e. The van der Waals surface area contributed by atoms with Gasteiger partial charge in [0.05, 0.1) is 24.4 Å². The van der Waals surface area contributed by atoms with Crippen LogP contribution in [0.2, 0.25) is 0 Å². The van der Waals surface area contributed by atoms with Crippen LogP contribution in [0, 0.1) is 11.8 Å². The molecule has 0 aliphatic carbocycles. The number of carbonyl (C=O) groups is 2. The molecule has 0 saturated carbocycles. The van der Waals surface area contributed by atoms with Crippen molar-refractivity contribution in [2.45, 2.75) is 50.7 Å². The van der Waals surface area contributed by atoms with Gasteiger partial charge in [0, 0.05) is 34.1 Å². The van der Waals surface area contributed by atoms with Gasteiger partial charge in [0.25, 0.3) is 0 Å². The van der Waals surface area contributed by atoms with Gasteiger partial charge >= 0.3 is 11.9 Å². The fraction of sp³-hybridized carbons (Fsp3) is 0.286. The molecule has 3 aliphatic rings. The molecule has 4 aromatic carbocycles. The molecule has 0 aromatic heterocycles. The van der Waals surface area contributed by atoms with Crippen molar-refractivity contribution in [1.29, 1.82) is 0 Å². The van der Waals surface area contributed by atoms with E-state index in [9.17, 15) is 9.59 Å². The van der Waals surface area contributed by atoms with Gasteiger partial charge in [-0.2, -0.15) is 0 Å². The van der Waals surface area contributed by atoms with Crippen molar-refractivity contribution in [3.8, 4) is 0 Å². The maximum atomic E-state index is 14.0. The van der Waals surface area contributed by atoms with Crippen molar-refractivity contribution in [3.05, 3.63) is 166 Å². The van der Waals surface area contributed by atoms with Crippen molar-refractivity contribution >= 4 is 11.9 Å². The van der Waals surface area contributed by atoms with Crippen molar-refractivity contribution < 1.29 is 28.5 Å². The highest BCUT2D eigenvalue weighted by molar-refractivity contribution is 5.92. The van der Waals surface area contributed by atoms with Crippen LogP contribution in [0.15, 0.2) is 144 Å². The number of fused-ring (bicyclic) bond motifs is 2. The minimum absolute atomic E-state index is 0.224. The normalized spacial score (nSPS) is 22.4. The summed E-state index contributed by atoms with van der Waals surface area (Å²) >= 11 is 0. The number of ether oxygens (including phenoxy) is 4. The van der Waals surface area contributed by atoms with Crippen molar-refractivity contribution in [1.82, 2.24) is 0 Å². The van der Waals surface area contributed by atoms with Gasteiger partial charge < -0.3 is 18.9 Å². The first-order chi connectivity index (χ1) is 23.5. The maximum absolute atomic E-state index is 14.0. The lowest BCUT2D eigenvalue weighted by atomic mass is 9.67. The van der Waals surface area contributed by atoms with Crippen LogP contribution in [0.25, 0.3) is 0 Å². The minimum Gasteiger partial charge on any atom is -0.481 e. The summed E-state index contributed by atoms with van der Waals surface area (Å²) in [4.78, 5) is 28.1. The molecule has 1 fully saturated rings. The van der Waals surface area contributed by atoms with Gasteiger partial charge in [0.1, 0.15) is 11.5 Å². The van der Waals surface area contributed by atoms with E-state index in [1.807, 2.05) is 86.6 Å². The predicted octanol–water partition coefficient (Wildman–Crippen LogP) is 8.38. The summed E-state index contributed by atoms with van der Waals surface area (Å²) in [5.41, 5.74) is 2.83. The second-order valence-electron chi connectivity index (χ2n) is 12.7. The number of esters is 2. The van der Waals surface area contributed by atoms with Gasteiger partial charge in [-0.05, 0) is 39.5 Å². The first kappa shape index (κ1) is 31.5. The van der Waals surface area contributed by atoms with Crippen molar-refractivity contribution in [2.75, 3.05) is 13.2 Å². The van der Waals surface area contributed by atoms with Crippen LogP contribution >= 0.6 is 0 Å². The van der Waals surface area contributed by atoms with Crippen LogP contribution in [0.3, 0.4) is 0 Å². The molecule has 6 heteroatoms. The quantitative estimate of drug-likeness (QED) is 0.209. The van der Waals surface area contributed by atoms with E-state index in [4.69, 9.17) is 18.9 Å². The molecule has 0 radical (unpaired) electrons. The first-order valence-electron chi connectivity index (χ1n) is 16.8. The van der Waals surface area contributed by atoms with Gasteiger partial charge in [-0.15, -0.1) is 0 Å². The molecule has 6 nitrogen and oxygen atoms in total. The van der Waals surface area contributed by atoms with Crippen LogP contribution in [0.5, 0.6) is 0 Å². The van der Waals surface area contributed by atoms with Gasteiger partial charge in [0.2, 0.25) is 0 Å². The fourth-order valence-electron chi connectivity index (χ4n) is 8.04. The molecule has 2 atom stereocenters. The maximum Gasteiger partial charge on any atom is 0.337 e. The zero-order valence-corrected chi connectivity index (χ0v) is 27.4. The average molecular weight is 641 g/mol. The molecular formula is C42H40O6. The Balaban J connectivity index is 1.43. The highest BCUT2D eigenvalue weighted by Crippen LogP contribution is 2.57. The Kier molecular flexibility index (Phi) is 8.65. The Morgan fingerprint density at radius 2 is 0.771 bits per heavy atom. The van der Waals surface area contributed by atoms with Gasteiger partial charge in [-0.25, -0.2) is 9.59 Å². The first-order valence-corrected chi connectivity index (χ1v) is 16.8. The minimum atomic E-state index is -1.00. The number of rotatable bonds is 4. The molecule has 0 N–H and O–H groups in total. The molecule has 4 aromatic rings. The van der Waals surface area contributed by atoms with E-state index in [1.54, 1.807) is 0 Å². The lowest BCUT2D eigenvalue weighted by Crippen LogP contribution is -2.40. The number of cyclic esters (lactones) is 2. The number of allylic oxidation sites excluding steroid dienone is 2. The molecule has 48 heavy (non-hydrogen) atoms. The Morgan fingerprint density at radius 3 is 1.06 bits per heavy atom. The SMILES string of the molecule is CC1=C2C(=O)OCCCCOC(=O)C3=C(C)OC(c4ccccc4)(c4ccccc4)C3CCC2C(c2ccccc2)(c2ccccc2)O1. The topological polar surface area (TPSA) is 71.1 Å². The summed E-state index contributed by atoms with van der Waals surface area (Å²) in [7, 11) is 0. The third-order valence-electron chi connectivity index (χ3n) is 10.1. The van der Waals surface area contributed by atoms with Gasteiger partial charge in [-0.1, -0.05) is 121 Å². The molecule has 0 amide bonds. The second-order valence-corrected chi connectivity index (χ2v) is 12.7. The average Bonchev–Trinajstić information content (AvgIpc) is 3.61.